The monoisotopic (exact) mass is 183 g/mol. The molecule has 0 amide bonds. The first-order valence-corrected chi connectivity index (χ1v) is 4.35. The number of halogens is 2. The highest BCUT2D eigenvalue weighted by Gasteiger charge is 2.24. The molecule has 0 bridgehead atoms. The smallest absolute Gasteiger partial charge is 0.254 e. The standard InChI is InChI=1S/C10H11F2N/c11-10(12)9-5-7-3-1-2-4-8(7)6-13-9/h1-4,9-10,13H,5-6H2. The molecule has 13 heavy (non-hydrogen) atoms. The molecule has 1 aromatic rings. The summed E-state index contributed by atoms with van der Waals surface area (Å²) in [7, 11) is 0. The van der Waals surface area contributed by atoms with Crippen LogP contribution in [0.2, 0.25) is 0 Å². The lowest BCUT2D eigenvalue weighted by Gasteiger charge is -2.25. The normalized spacial score (nSPS) is 21.6. The van der Waals surface area contributed by atoms with Gasteiger partial charge in [-0.05, 0) is 17.5 Å². The first kappa shape index (κ1) is 8.63. The van der Waals surface area contributed by atoms with Gasteiger partial charge in [-0.1, -0.05) is 24.3 Å². The minimum Gasteiger partial charge on any atom is -0.304 e. The molecule has 0 spiro atoms. The van der Waals surface area contributed by atoms with Gasteiger partial charge in [0.05, 0.1) is 6.04 Å². The minimum atomic E-state index is -2.27. The van der Waals surface area contributed by atoms with E-state index in [9.17, 15) is 8.78 Å². The molecule has 1 N–H and O–H groups in total. The van der Waals surface area contributed by atoms with Crippen LogP contribution in [-0.2, 0) is 13.0 Å². The number of alkyl halides is 2. The zero-order chi connectivity index (χ0) is 9.26. The number of benzene rings is 1. The SMILES string of the molecule is FC(F)C1Cc2ccccc2CN1. The van der Waals surface area contributed by atoms with Crippen molar-refractivity contribution in [3.63, 3.8) is 0 Å². The minimum absolute atomic E-state index is 0.438. The fourth-order valence-corrected chi connectivity index (χ4v) is 1.66. The first-order valence-electron chi connectivity index (χ1n) is 4.35. The second-order valence-electron chi connectivity index (χ2n) is 3.29. The number of hydrogen-bond donors (Lipinski definition) is 1. The molecule has 1 unspecified atom stereocenters. The summed E-state index contributed by atoms with van der Waals surface area (Å²) in [5, 5.41) is 2.82. The third kappa shape index (κ3) is 1.70. The molecule has 0 aliphatic carbocycles. The second kappa shape index (κ2) is 3.42. The average Bonchev–Trinajstić information content (AvgIpc) is 2.17. The van der Waals surface area contributed by atoms with E-state index < -0.39 is 12.5 Å². The van der Waals surface area contributed by atoms with E-state index in [2.05, 4.69) is 5.32 Å². The van der Waals surface area contributed by atoms with Crippen molar-refractivity contribution < 1.29 is 8.78 Å². The Morgan fingerprint density at radius 3 is 2.62 bits per heavy atom. The molecule has 70 valence electrons. The van der Waals surface area contributed by atoms with Gasteiger partial charge in [0.1, 0.15) is 0 Å². The lowest BCUT2D eigenvalue weighted by molar-refractivity contribution is 0.0942. The highest BCUT2D eigenvalue weighted by atomic mass is 19.3. The van der Waals surface area contributed by atoms with E-state index in [4.69, 9.17) is 0 Å². The van der Waals surface area contributed by atoms with Crippen LogP contribution < -0.4 is 5.32 Å². The zero-order valence-corrected chi connectivity index (χ0v) is 7.13. The predicted molar refractivity (Wildman–Crippen MR) is 46.8 cm³/mol. The molecule has 1 heterocycles. The zero-order valence-electron chi connectivity index (χ0n) is 7.13. The molecule has 0 radical (unpaired) electrons. The van der Waals surface area contributed by atoms with Crippen LogP contribution in [0.5, 0.6) is 0 Å². The Kier molecular flexibility index (Phi) is 2.27. The molecule has 2 rings (SSSR count). The molecular weight excluding hydrogens is 172 g/mol. The predicted octanol–water partition coefficient (Wildman–Crippen LogP) is 1.97. The van der Waals surface area contributed by atoms with Crippen LogP contribution in [0.25, 0.3) is 0 Å². The van der Waals surface area contributed by atoms with Gasteiger partial charge in [0, 0.05) is 6.54 Å². The maximum absolute atomic E-state index is 12.4. The van der Waals surface area contributed by atoms with Crippen molar-refractivity contribution >= 4 is 0 Å². The molecule has 0 aromatic heterocycles. The Morgan fingerprint density at radius 2 is 1.92 bits per heavy atom. The Bertz CT molecular complexity index is 299. The molecule has 0 saturated heterocycles. The molecule has 1 aliphatic rings. The van der Waals surface area contributed by atoms with Crippen LogP contribution in [0, 0.1) is 0 Å². The van der Waals surface area contributed by atoms with Crippen molar-refractivity contribution in [1.29, 1.82) is 0 Å². The summed E-state index contributed by atoms with van der Waals surface area (Å²) in [5.74, 6) is 0. The van der Waals surface area contributed by atoms with Gasteiger partial charge in [0.15, 0.2) is 0 Å². The van der Waals surface area contributed by atoms with Crippen LogP contribution in [0.15, 0.2) is 24.3 Å². The Balaban J connectivity index is 2.20. The Labute approximate surface area is 75.8 Å². The van der Waals surface area contributed by atoms with Gasteiger partial charge in [-0.25, -0.2) is 8.78 Å². The van der Waals surface area contributed by atoms with E-state index in [1.807, 2.05) is 24.3 Å². The van der Waals surface area contributed by atoms with Crippen LogP contribution in [0.3, 0.4) is 0 Å². The maximum Gasteiger partial charge on any atom is 0.254 e. The maximum atomic E-state index is 12.4. The number of hydrogen-bond acceptors (Lipinski definition) is 1. The molecule has 0 saturated carbocycles. The number of rotatable bonds is 1. The Hall–Kier alpha value is -0.960. The van der Waals surface area contributed by atoms with Crippen molar-refractivity contribution in [3.8, 4) is 0 Å². The molecule has 1 nitrogen and oxygen atoms in total. The van der Waals surface area contributed by atoms with Gasteiger partial charge in [-0.2, -0.15) is 0 Å². The topological polar surface area (TPSA) is 12.0 Å². The highest BCUT2D eigenvalue weighted by molar-refractivity contribution is 5.29. The van der Waals surface area contributed by atoms with Gasteiger partial charge in [0.2, 0.25) is 0 Å². The fraction of sp³-hybridized carbons (Fsp3) is 0.400. The van der Waals surface area contributed by atoms with Gasteiger partial charge < -0.3 is 5.32 Å². The molecule has 1 aliphatic heterocycles. The molecule has 1 aromatic carbocycles. The fourth-order valence-electron chi connectivity index (χ4n) is 1.66. The summed E-state index contributed by atoms with van der Waals surface area (Å²) in [6.45, 7) is 0.561. The largest absolute Gasteiger partial charge is 0.304 e. The molecule has 1 atom stereocenters. The van der Waals surface area contributed by atoms with Crippen molar-refractivity contribution in [3.05, 3.63) is 35.4 Å². The summed E-state index contributed by atoms with van der Waals surface area (Å²) >= 11 is 0. The third-order valence-corrected chi connectivity index (χ3v) is 2.42. The van der Waals surface area contributed by atoms with Crippen molar-refractivity contribution in [2.45, 2.75) is 25.4 Å². The van der Waals surface area contributed by atoms with Crippen LogP contribution in [0.1, 0.15) is 11.1 Å². The lowest BCUT2D eigenvalue weighted by atomic mass is 9.96. The van der Waals surface area contributed by atoms with E-state index in [1.54, 1.807) is 0 Å². The van der Waals surface area contributed by atoms with E-state index >= 15 is 0 Å². The number of nitrogens with one attached hydrogen (secondary N) is 1. The van der Waals surface area contributed by atoms with E-state index in [0.29, 0.717) is 13.0 Å². The van der Waals surface area contributed by atoms with E-state index in [0.717, 1.165) is 11.1 Å². The molecular formula is C10H11F2N. The summed E-state index contributed by atoms with van der Waals surface area (Å²) in [6.07, 6.45) is -1.83. The van der Waals surface area contributed by atoms with Crippen molar-refractivity contribution in [2.24, 2.45) is 0 Å². The van der Waals surface area contributed by atoms with Crippen LogP contribution in [-0.4, -0.2) is 12.5 Å². The van der Waals surface area contributed by atoms with Gasteiger partial charge in [-0.3, -0.25) is 0 Å². The van der Waals surface area contributed by atoms with Crippen LogP contribution >= 0.6 is 0 Å². The third-order valence-electron chi connectivity index (χ3n) is 2.42. The first-order chi connectivity index (χ1) is 6.27. The highest BCUT2D eigenvalue weighted by Crippen LogP contribution is 2.19. The van der Waals surface area contributed by atoms with Crippen LogP contribution in [0.4, 0.5) is 8.78 Å². The van der Waals surface area contributed by atoms with Gasteiger partial charge in [0.25, 0.3) is 6.43 Å². The van der Waals surface area contributed by atoms with Gasteiger partial charge >= 0.3 is 0 Å². The van der Waals surface area contributed by atoms with E-state index in [-0.39, 0.29) is 0 Å². The summed E-state index contributed by atoms with van der Waals surface area (Å²) in [6, 6.07) is 7.06. The average molecular weight is 183 g/mol. The lowest BCUT2D eigenvalue weighted by Crippen LogP contribution is -2.40. The summed E-state index contributed by atoms with van der Waals surface area (Å²) in [4.78, 5) is 0. The molecule has 0 fully saturated rings. The van der Waals surface area contributed by atoms with Crippen molar-refractivity contribution in [2.75, 3.05) is 0 Å². The number of fused-ring (bicyclic) bond motifs is 1. The Morgan fingerprint density at radius 1 is 1.23 bits per heavy atom. The second-order valence-corrected chi connectivity index (χ2v) is 3.29. The quantitative estimate of drug-likeness (QED) is 0.701. The summed E-state index contributed by atoms with van der Waals surface area (Å²) < 4.78 is 24.7. The van der Waals surface area contributed by atoms with Crippen molar-refractivity contribution in [1.82, 2.24) is 5.32 Å². The van der Waals surface area contributed by atoms with Gasteiger partial charge in [-0.15, -0.1) is 0 Å². The summed E-state index contributed by atoms with van der Waals surface area (Å²) in [5.41, 5.74) is 2.19. The van der Waals surface area contributed by atoms with E-state index in [1.165, 1.54) is 0 Å². The molecule has 3 heteroatoms.